The topological polar surface area (TPSA) is 0 Å². The van der Waals surface area contributed by atoms with Crippen LogP contribution in [0.15, 0.2) is 60.7 Å². The van der Waals surface area contributed by atoms with Crippen LogP contribution < -0.4 is 0 Å². The molecule has 2 unspecified atom stereocenters. The zero-order chi connectivity index (χ0) is 14.2. The van der Waals surface area contributed by atoms with Gasteiger partial charge in [-0.25, -0.2) is 0 Å². The monoisotopic (exact) mass is 350 g/mol. The summed E-state index contributed by atoms with van der Waals surface area (Å²) in [7, 11) is 0. The van der Waals surface area contributed by atoms with Gasteiger partial charge in [0.2, 0.25) is 0 Å². The fraction of sp³-hybridized carbons (Fsp3) is 0.150. The summed E-state index contributed by atoms with van der Waals surface area (Å²) in [5, 5.41) is 0. The molecule has 0 saturated heterocycles. The quantitative estimate of drug-likeness (QED) is 0.751. The van der Waals surface area contributed by atoms with Gasteiger partial charge in [-0.1, -0.05) is 0 Å². The van der Waals surface area contributed by atoms with Crippen molar-refractivity contribution in [2.45, 2.75) is 14.2 Å². The average molecular weight is 352 g/mol. The molecule has 0 fully saturated rings. The summed E-state index contributed by atoms with van der Waals surface area (Å²) in [5.74, 6) is 0. The number of hydrogen-bond acceptors (Lipinski definition) is 0. The Labute approximate surface area is 134 Å². The van der Waals surface area contributed by atoms with E-state index in [1.54, 1.807) is 11.1 Å². The zero-order valence-corrected chi connectivity index (χ0v) is 15.8. The molecule has 2 aromatic rings. The van der Waals surface area contributed by atoms with Crippen molar-refractivity contribution in [3.8, 4) is 0 Å². The maximum absolute atomic E-state index is 2.61. The molecule has 104 valence electrons. The summed E-state index contributed by atoms with van der Waals surface area (Å²) in [4.78, 5) is 0. The van der Waals surface area contributed by atoms with E-state index in [9.17, 15) is 0 Å². The normalized spacial score (nSPS) is 21.6. The van der Waals surface area contributed by atoms with E-state index in [0.717, 1.165) is 0 Å². The minimum absolute atomic E-state index is 0.716. The molecule has 0 saturated carbocycles. The van der Waals surface area contributed by atoms with Gasteiger partial charge in [-0.15, -0.1) is 0 Å². The third-order valence-electron chi connectivity index (χ3n) is 5.29. The Kier molecular flexibility index (Phi) is 3.47. The van der Waals surface area contributed by atoms with Crippen LogP contribution in [-0.4, -0.2) is 3.71 Å². The van der Waals surface area contributed by atoms with Gasteiger partial charge in [0.1, 0.15) is 0 Å². The van der Waals surface area contributed by atoms with Crippen LogP contribution in [0.25, 0.3) is 12.2 Å². The number of hydrogen-bond donors (Lipinski definition) is 0. The van der Waals surface area contributed by atoms with Gasteiger partial charge in [-0.05, 0) is 0 Å². The Bertz CT molecular complexity index is 716. The molecule has 4 rings (SSSR count). The number of rotatable bonds is 2. The van der Waals surface area contributed by atoms with Gasteiger partial charge in [-0.3, -0.25) is 0 Å². The fourth-order valence-electron chi connectivity index (χ4n) is 4.25. The molecule has 0 nitrogen and oxygen atoms in total. The molecular weight excluding hydrogens is 331 g/mol. The van der Waals surface area contributed by atoms with E-state index in [1.807, 2.05) is 0 Å². The van der Waals surface area contributed by atoms with E-state index in [2.05, 4.69) is 83.5 Å². The van der Waals surface area contributed by atoms with E-state index >= 15 is 0 Å². The molecular formula is C20H20Zr. The molecule has 0 aromatic heterocycles. The van der Waals surface area contributed by atoms with Gasteiger partial charge < -0.3 is 0 Å². The van der Waals surface area contributed by atoms with Crippen molar-refractivity contribution in [2.75, 3.05) is 0 Å². The standard InChI is InChI=1S/2C9H7.C2H4.Zr.2H/c2*1-2-5-9-7-3-6-8(9)4-1;1-2;;;/h2*1-7H;1H,2H3;;;. The number of allylic oxidation sites excluding steroid dienone is 2. The number of fused-ring (bicyclic) bond motifs is 2. The maximum atomic E-state index is 2.61. The van der Waals surface area contributed by atoms with Crippen molar-refractivity contribution < 1.29 is 21.3 Å². The first-order valence-corrected chi connectivity index (χ1v) is 14.0. The van der Waals surface area contributed by atoms with Gasteiger partial charge in [0, 0.05) is 0 Å². The molecule has 2 aromatic carbocycles. The van der Waals surface area contributed by atoms with Crippen molar-refractivity contribution >= 4 is 15.9 Å². The Morgan fingerprint density at radius 3 is 1.71 bits per heavy atom. The Morgan fingerprint density at radius 1 is 0.762 bits per heavy atom. The molecule has 0 bridgehead atoms. The fourth-order valence-corrected chi connectivity index (χ4v) is 14.6. The Balaban J connectivity index is 1.76. The summed E-state index contributed by atoms with van der Waals surface area (Å²) < 4.78 is 4.04. The third-order valence-corrected chi connectivity index (χ3v) is 16.1. The molecule has 2 atom stereocenters. The summed E-state index contributed by atoms with van der Waals surface area (Å²) in [6.07, 6.45) is 9.63. The first kappa shape index (κ1) is 13.3. The van der Waals surface area contributed by atoms with Gasteiger partial charge in [0.15, 0.2) is 0 Å². The van der Waals surface area contributed by atoms with Crippen LogP contribution in [0.1, 0.15) is 36.4 Å². The Morgan fingerprint density at radius 2 is 1.24 bits per heavy atom. The van der Waals surface area contributed by atoms with Crippen molar-refractivity contribution in [3.63, 3.8) is 0 Å². The van der Waals surface area contributed by atoms with Crippen molar-refractivity contribution in [1.29, 1.82) is 0 Å². The molecule has 0 amide bonds. The van der Waals surface area contributed by atoms with E-state index < -0.39 is 21.3 Å². The molecule has 21 heavy (non-hydrogen) atoms. The van der Waals surface area contributed by atoms with Crippen LogP contribution in [0.2, 0.25) is 0 Å². The molecule has 2 aliphatic rings. The molecule has 0 spiro atoms. The summed E-state index contributed by atoms with van der Waals surface area (Å²) in [6, 6.07) is 17.9. The molecule has 0 aliphatic heterocycles. The average Bonchev–Trinajstić information content (AvgIpc) is 3.14. The molecule has 0 N–H and O–H groups in total. The van der Waals surface area contributed by atoms with E-state index in [1.165, 1.54) is 11.1 Å². The third kappa shape index (κ3) is 2.19. The van der Waals surface area contributed by atoms with Gasteiger partial charge in [0.25, 0.3) is 0 Å². The number of benzene rings is 2. The van der Waals surface area contributed by atoms with E-state index in [4.69, 9.17) is 0 Å². The van der Waals surface area contributed by atoms with Crippen molar-refractivity contribution in [2.24, 2.45) is 0 Å². The van der Waals surface area contributed by atoms with E-state index in [0.29, 0.717) is 7.25 Å². The van der Waals surface area contributed by atoms with Crippen LogP contribution in [-0.2, 0) is 21.3 Å². The Hall–Kier alpha value is -1.33. The van der Waals surface area contributed by atoms with Crippen LogP contribution >= 0.6 is 0 Å². The summed E-state index contributed by atoms with van der Waals surface area (Å²) >= 11 is -2.07. The summed E-state index contributed by atoms with van der Waals surface area (Å²) in [6.45, 7) is 2.30. The van der Waals surface area contributed by atoms with E-state index in [-0.39, 0.29) is 0 Å². The van der Waals surface area contributed by atoms with Crippen molar-refractivity contribution in [3.05, 3.63) is 82.9 Å². The molecule has 1 heteroatoms. The predicted molar refractivity (Wildman–Crippen MR) is 91.0 cm³/mol. The second-order valence-electron chi connectivity index (χ2n) is 6.30. The first-order chi connectivity index (χ1) is 10.4. The van der Waals surface area contributed by atoms with Crippen LogP contribution in [0.5, 0.6) is 0 Å². The zero-order valence-electron chi connectivity index (χ0n) is 12.4. The molecule has 2 aliphatic carbocycles. The molecule has 0 heterocycles. The summed E-state index contributed by atoms with van der Waals surface area (Å²) in [5.41, 5.74) is 6.01. The van der Waals surface area contributed by atoms with Gasteiger partial charge >= 0.3 is 134 Å². The van der Waals surface area contributed by atoms with Crippen LogP contribution in [0.3, 0.4) is 0 Å². The second-order valence-corrected chi connectivity index (χ2v) is 16.1. The second kappa shape index (κ2) is 5.46. The first-order valence-electron chi connectivity index (χ1n) is 7.94. The predicted octanol–water partition coefficient (Wildman–Crippen LogP) is 4.43. The van der Waals surface area contributed by atoms with Crippen LogP contribution in [0, 0.1) is 0 Å². The minimum atomic E-state index is -2.07. The SMILES string of the molecule is C[CH]=[ZrH2]([CH]1C=Cc2ccccc21)[CH]1C=Cc2ccccc21. The van der Waals surface area contributed by atoms with Gasteiger partial charge in [0.05, 0.1) is 0 Å². The van der Waals surface area contributed by atoms with Crippen LogP contribution in [0.4, 0.5) is 0 Å². The van der Waals surface area contributed by atoms with Gasteiger partial charge in [-0.2, -0.15) is 0 Å². The van der Waals surface area contributed by atoms with Crippen molar-refractivity contribution in [1.82, 2.24) is 0 Å². The molecule has 0 radical (unpaired) electrons.